The molecule has 4 aromatic rings. The topological polar surface area (TPSA) is 46.5 Å². The lowest BCUT2D eigenvalue weighted by molar-refractivity contribution is 0.0754. The van der Waals surface area contributed by atoms with E-state index in [1.54, 1.807) is 18.2 Å². The summed E-state index contributed by atoms with van der Waals surface area (Å²) in [5.41, 5.74) is 0.145. The number of carbonyl (C=O) groups excluding carboxylic acids is 1. The molecule has 150 valence electrons. The molecular weight excluding hydrogens is 507 g/mol. The van der Waals surface area contributed by atoms with Gasteiger partial charge in [0.2, 0.25) is 0 Å². The van der Waals surface area contributed by atoms with E-state index in [9.17, 15) is 9.90 Å². The lowest BCUT2D eigenvalue weighted by Crippen LogP contribution is -2.14. The maximum absolute atomic E-state index is 13.3. The summed E-state index contributed by atoms with van der Waals surface area (Å²) in [5, 5.41) is 10.2. The summed E-state index contributed by atoms with van der Waals surface area (Å²) in [4.78, 5) is 16.0. The second-order valence-electron chi connectivity index (χ2n) is 6.52. The standard InChI is InChI=1S/C25H19IO3S/c26-19-15-17-22(18-16-19)30(20-9-3-1-4-10-20,21-11-5-2-6-12-21)29-25(28)23-13-7-8-14-24(23)27/h1-18,27H. The predicted molar refractivity (Wildman–Crippen MR) is 128 cm³/mol. The minimum absolute atomic E-state index is 0.0977. The van der Waals surface area contributed by atoms with Crippen LogP contribution < -0.4 is 0 Å². The second kappa shape index (κ2) is 8.93. The largest absolute Gasteiger partial charge is 0.507 e. The Hall–Kier alpha value is -2.77. The van der Waals surface area contributed by atoms with Gasteiger partial charge >= 0.3 is 5.97 Å². The molecule has 0 unspecified atom stereocenters. The van der Waals surface area contributed by atoms with Gasteiger partial charge in [0.1, 0.15) is 11.3 Å². The van der Waals surface area contributed by atoms with Gasteiger partial charge in [0.25, 0.3) is 0 Å². The van der Waals surface area contributed by atoms with Gasteiger partial charge in [-0.1, -0.05) is 48.5 Å². The van der Waals surface area contributed by atoms with Crippen LogP contribution in [0.15, 0.2) is 124 Å². The van der Waals surface area contributed by atoms with Crippen molar-refractivity contribution < 1.29 is 14.1 Å². The molecule has 0 atom stereocenters. The van der Waals surface area contributed by atoms with Gasteiger partial charge in [0.05, 0.1) is 0 Å². The number of hydrogen-bond donors (Lipinski definition) is 1. The average molecular weight is 526 g/mol. The van der Waals surface area contributed by atoms with Crippen LogP contribution in [-0.2, 0) is 4.18 Å². The maximum atomic E-state index is 13.3. The number of para-hydroxylation sites is 1. The summed E-state index contributed by atoms with van der Waals surface area (Å²) < 4.78 is 7.48. The third-order valence-corrected chi connectivity index (χ3v) is 8.55. The summed E-state index contributed by atoms with van der Waals surface area (Å²) in [6.45, 7) is 0. The lowest BCUT2D eigenvalue weighted by atomic mass is 10.2. The summed E-state index contributed by atoms with van der Waals surface area (Å²) in [7, 11) is -2.38. The Morgan fingerprint density at radius 3 is 1.67 bits per heavy atom. The Balaban J connectivity index is 1.96. The molecule has 0 bridgehead atoms. The van der Waals surface area contributed by atoms with Crippen LogP contribution in [0.1, 0.15) is 10.4 Å². The molecule has 0 amide bonds. The van der Waals surface area contributed by atoms with Crippen molar-refractivity contribution in [3.05, 3.63) is 118 Å². The Bertz CT molecular complexity index is 1110. The van der Waals surface area contributed by atoms with Crippen LogP contribution in [0.5, 0.6) is 5.75 Å². The number of phenolic OH excluding ortho intramolecular Hbond substituents is 1. The highest BCUT2D eigenvalue weighted by atomic mass is 127. The van der Waals surface area contributed by atoms with Crippen LogP contribution in [0.2, 0.25) is 0 Å². The first-order valence-corrected chi connectivity index (χ1v) is 12.0. The number of hydrogen-bond acceptors (Lipinski definition) is 3. The minimum atomic E-state index is -2.38. The lowest BCUT2D eigenvalue weighted by Gasteiger charge is -2.39. The number of halogens is 1. The normalized spacial score (nSPS) is 11.6. The van der Waals surface area contributed by atoms with E-state index in [0.29, 0.717) is 0 Å². The maximum Gasteiger partial charge on any atom is 0.353 e. The van der Waals surface area contributed by atoms with E-state index < -0.39 is 16.3 Å². The van der Waals surface area contributed by atoms with Crippen LogP contribution in [0.3, 0.4) is 0 Å². The van der Waals surface area contributed by atoms with Gasteiger partial charge in [-0.15, -0.1) is 0 Å². The van der Waals surface area contributed by atoms with Gasteiger partial charge in [-0.2, -0.15) is 0 Å². The first-order valence-electron chi connectivity index (χ1n) is 9.32. The zero-order chi connectivity index (χ0) is 21.0. The molecule has 4 rings (SSSR count). The molecule has 0 heterocycles. The van der Waals surface area contributed by atoms with E-state index in [0.717, 1.165) is 18.3 Å². The average Bonchev–Trinajstić information content (AvgIpc) is 2.79. The number of benzene rings is 4. The van der Waals surface area contributed by atoms with Crippen molar-refractivity contribution in [1.82, 2.24) is 0 Å². The Morgan fingerprint density at radius 1 is 0.667 bits per heavy atom. The quantitative estimate of drug-likeness (QED) is 0.284. The summed E-state index contributed by atoms with van der Waals surface area (Å²) >= 11 is 2.26. The van der Waals surface area contributed by atoms with Gasteiger partial charge in [-0.3, -0.25) is 0 Å². The SMILES string of the molecule is O=C(OS(c1ccccc1)(c1ccccc1)c1ccc(I)cc1)c1ccccc1O. The van der Waals surface area contributed by atoms with E-state index in [1.165, 1.54) is 6.07 Å². The fraction of sp³-hybridized carbons (Fsp3) is 0. The third kappa shape index (κ3) is 3.95. The molecule has 0 aliphatic heterocycles. The van der Waals surface area contributed by atoms with Gasteiger partial charge in [0.15, 0.2) is 0 Å². The molecule has 0 aliphatic carbocycles. The smallest absolute Gasteiger partial charge is 0.353 e. The fourth-order valence-electron chi connectivity index (χ4n) is 3.21. The van der Waals surface area contributed by atoms with Crippen LogP contribution in [-0.4, -0.2) is 11.1 Å². The van der Waals surface area contributed by atoms with E-state index in [4.69, 9.17) is 4.18 Å². The molecular formula is C25H19IO3S. The first kappa shape index (κ1) is 20.5. The van der Waals surface area contributed by atoms with Crippen LogP contribution in [0, 0.1) is 3.57 Å². The van der Waals surface area contributed by atoms with E-state index >= 15 is 0 Å². The zero-order valence-corrected chi connectivity index (χ0v) is 18.9. The van der Waals surface area contributed by atoms with Crippen LogP contribution >= 0.6 is 32.9 Å². The molecule has 4 aromatic carbocycles. The highest BCUT2D eigenvalue weighted by Crippen LogP contribution is 2.69. The summed E-state index contributed by atoms with van der Waals surface area (Å²) in [5.74, 6) is -0.658. The zero-order valence-electron chi connectivity index (χ0n) is 15.9. The molecule has 0 spiro atoms. The Kier molecular flexibility index (Phi) is 6.11. The fourth-order valence-corrected chi connectivity index (χ4v) is 6.59. The second-order valence-corrected chi connectivity index (χ2v) is 10.5. The third-order valence-electron chi connectivity index (χ3n) is 4.62. The molecule has 1 N–H and O–H groups in total. The van der Waals surface area contributed by atoms with Gasteiger partial charge in [0, 0.05) is 18.3 Å². The minimum Gasteiger partial charge on any atom is -0.507 e. The van der Waals surface area contributed by atoms with Gasteiger partial charge in [-0.05, 0) is 93.6 Å². The number of carbonyl (C=O) groups is 1. The van der Waals surface area contributed by atoms with Crippen LogP contribution in [0.4, 0.5) is 0 Å². The van der Waals surface area contributed by atoms with E-state index in [-0.39, 0.29) is 11.3 Å². The molecule has 0 fully saturated rings. The summed E-state index contributed by atoms with van der Waals surface area (Å²) in [6.07, 6.45) is 0. The van der Waals surface area contributed by atoms with Gasteiger partial charge < -0.3 is 9.29 Å². The van der Waals surface area contributed by atoms with Crippen molar-refractivity contribution in [2.24, 2.45) is 0 Å². The molecule has 30 heavy (non-hydrogen) atoms. The summed E-state index contributed by atoms with van der Waals surface area (Å²) in [6, 6.07) is 34.1. The Labute approximate surface area is 191 Å². The first-order chi connectivity index (χ1) is 14.6. The molecule has 5 heteroatoms. The number of phenols is 1. The molecule has 0 saturated heterocycles. The van der Waals surface area contributed by atoms with E-state index in [1.807, 2.05) is 84.9 Å². The van der Waals surface area contributed by atoms with Crippen molar-refractivity contribution >= 4 is 38.9 Å². The highest BCUT2D eigenvalue weighted by Gasteiger charge is 2.36. The molecule has 3 nitrogen and oxygen atoms in total. The van der Waals surface area contributed by atoms with Crippen LogP contribution in [0.25, 0.3) is 0 Å². The van der Waals surface area contributed by atoms with Crippen molar-refractivity contribution in [2.75, 3.05) is 0 Å². The highest BCUT2D eigenvalue weighted by molar-refractivity contribution is 14.1. The molecule has 0 saturated carbocycles. The molecule has 0 aromatic heterocycles. The van der Waals surface area contributed by atoms with E-state index in [2.05, 4.69) is 22.6 Å². The molecule has 0 radical (unpaired) electrons. The number of rotatable bonds is 5. The number of aromatic hydroxyl groups is 1. The predicted octanol–water partition coefficient (Wildman–Crippen LogP) is 7.05. The van der Waals surface area contributed by atoms with Crippen molar-refractivity contribution in [3.63, 3.8) is 0 Å². The Morgan fingerprint density at radius 2 is 1.13 bits per heavy atom. The van der Waals surface area contributed by atoms with Crippen molar-refractivity contribution in [2.45, 2.75) is 14.7 Å². The monoisotopic (exact) mass is 526 g/mol. The van der Waals surface area contributed by atoms with Crippen molar-refractivity contribution in [1.29, 1.82) is 0 Å². The molecule has 0 aliphatic rings. The van der Waals surface area contributed by atoms with Gasteiger partial charge in [-0.25, -0.2) is 4.79 Å². The van der Waals surface area contributed by atoms with Crippen molar-refractivity contribution in [3.8, 4) is 5.75 Å².